The van der Waals surface area contributed by atoms with Crippen LogP contribution in [0.3, 0.4) is 0 Å². The molecule has 2 bridgehead atoms. The fourth-order valence-electron chi connectivity index (χ4n) is 4.80. The molecule has 154 valence electrons. The van der Waals surface area contributed by atoms with Gasteiger partial charge in [-0.3, -0.25) is 0 Å². The highest BCUT2D eigenvalue weighted by Gasteiger charge is 2.08. The Morgan fingerprint density at radius 1 is 0.192 bits per heavy atom. The van der Waals surface area contributed by atoms with Crippen molar-refractivity contribution in [3.05, 3.63) is 0 Å². The first-order chi connectivity index (χ1) is 12.9. The first-order valence-electron chi connectivity index (χ1n) is 12.4. The molecule has 3 fully saturated rings. The van der Waals surface area contributed by atoms with Crippen LogP contribution in [-0.4, -0.2) is 49.1 Å². The van der Waals surface area contributed by atoms with E-state index in [0.29, 0.717) is 0 Å². The highest BCUT2D eigenvalue weighted by molar-refractivity contribution is 4.63. The van der Waals surface area contributed by atoms with E-state index in [4.69, 9.17) is 0 Å². The molecule has 0 aliphatic carbocycles. The van der Waals surface area contributed by atoms with E-state index >= 15 is 0 Å². The molecule has 0 aromatic heterocycles. The summed E-state index contributed by atoms with van der Waals surface area (Å²) in [6.45, 7) is 8.21. The van der Waals surface area contributed by atoms with Gasteiger partial charge in [0.25, 0.3) is 0 Å². The molecule has 3 aliphatic rings. The van der Waals surface area contributed by atoms with E-state index in [1.165, 1.54) is 155 Å². The minimum Gasteiger partial charge on any atom is -0.303 e. The summed E-state index contributed by atoms with van der Waals surface area (Å²) in [5.74, 6) is 0. The van der Waals surface area contributed by atoms with E-state index < -0.39 is 0 Å². The van der Waals surface area contributed by atoms with Gasteiger partial charge in [-0.25, -0.2) is 0 Å². The molecule has 2 heteroatoms. The second kappa shape index (κ2) is 15.9. The molecule has 0 saturated carbocycles. The Morgan fingerprint density at radius 2 is 0.346 bits per heavy atom. The van der Waals surface area contributed by atoms with E-state index in [1.807, 2.05) is 0 Å². The van der Waals surface area contributed by atoms with Gasteiger partial charge >= 0.3 is 0 Å². The third-order valence-electron chi connectivity index (χ3n) is 6.60. The molecule has 3 aliphatic heterocycles. The first kappa shape index (κ1) is 22.2. The minimum atomic E-state index is 1.37. The van der Waals surface area contributed by atoms with Crippen molar-refractivity contribution in [2.45, 2.75) is 116 Å². The zero-order valence-corrected chi connectivity index (χ0v) is 17.9. The van der Waals surface area contributed by atoms with Crippen molar-refractivity contribution in [2.24, 2.45) is 0 Å². The van der Waals surface area contributed by atoms with Crippen LogP contribution in [0.5, 0.6) is 0 Å². The Labute approximate surface area is 165 Å². The molecular formula is C24H48N2. The van der Waals surface area contributed by atoms with Gasteiger partial charge in [-0.2, -0.15) is 0 Å². The number of nitrogens with zero attached hydrogens (tertiary/aromatic N) is 2. The highest BCUT2D eigenvalue weighted by Crippen LogP contribution is 2.14. The summed E-state index contributed by atoms with van der Waals surface area (Å²) in [6.07, 6.45) is 26.2. The van der Waals surface area contributed by atoms with Gasteiger partial charge in [-0.05, 0) is 77.8 Å². The van der Waals surface area contributed by atoms with Crippen LogP contribution < -0.4 is 0 Å². The van der Waals surface area contributed by atoms with Gasteiger partial charge in [0.15, 0.2) is 0 Å². The van der Waals surface area contributed by atoms with E-state index in [1.54, 1.807) is 0 Å². The zero-order valence-electron chi connectivity index (χ0n) is 17.9. The van der Waals surface area contributed by atoms with Gasteiger partial charge in [-0.1, -0.05) is 77.0 Å². The minimum absolute atomic E-state index is 1.37. The molecule has 2 nitrogen and oxygen atoms in total. The summed E-state index contributed by atoms with van der Waals surface area (Å²) in [4.78, 5) is 5.62. The average Bonchev–Trinajstić information content (AvgIpc) is 2.65. The number of rotatable bonds is 0. The van der Waals surface area contributed by atoms with Crippen LogP contribution in [0.2, 0.25) is 0 Å². The van der Waals surface area contributed by atoms with Gasteiger partial charge in [0.05, 0.1) is 0 Å². The molecule has 0 radical (unpaired) electrons. The Bertz CT molecular complexity index is 227. The molecule has 3 rings (SSSR count). The summed E-state index contributed by atoms with van der Waals surface area (Å²) in [5.41, 5.74) is 0. The predicted octanol–water partition coefficient (Wildman–Crippen LogP) is 6.64. The molecule has 0 spiro atoms. The van der Waals surface area contributed by atoms with E-state index in [9.17, 15) is 0 Å². The summed E-state index contributed by atoms with van der Waals surface area (Å²) < 4.78 is 0. The van der Waals surface area contributed by atoms with Crippen molar-refractivity contribution in [2.75, 3.05) is 39.3 Å². The van der Waals surface area contributed by atoms with Gasteiger partial charge in [0.1, 0.15) is 0 Å². The topological polar surface area (TPSA) is 6.48 Å². The molecule has 0 amide bonds. The maximum atomic E-state index is 2.81. The summed E-state index contributed by atoms with van der Waals surface area (Å²) in [5, 5.41) is 0. The highest BCUT2D eigenvalue weighted by atomic mass is 15.1. The van der Waals surface area contributed by atoms with Gasteiger partial charge in [-0.15, -0.1) is 0 Å². The number of hydrogen-bond donors (Lipinski definition) is 0. The quantitative estimate of drug-likeness (QED) is 0.475. The van der Waals surface area contributed by atoms with Crippen LogP contribution in [0.15, 0.2) is 0 Å². The van der Waals surface area contributed by atoms with E-state index in [0.717, 1.165) is 0 Å². The lowest BCUT2D eigenvalue weighted by atomic mass is 10.1. The summed E-state index contributed by atoms with van der Waals surface area (Å²) in [6, 6.07) is 0. The molecule has 0 unspecified atom stereocenters. The molecule has 0 aromatic rings. The molecule has 26 heavy (non-hydrogen) atoms. The molecule has 3 saturated heterocycles. The van der Waals surface area contributed by atoms with E-state index in [-0.39, 0.29) is 0 Å². The van der Waals surface area contributed by atoms with Gasteiger partial charge < -0.3 is 9.80 Å². The molecule has 0 aromatic carbocycles. The van der Waals surface area contributed by atoms with Gasteiger partial charge in [0, 0.05) is 0 Å². The lowest BCUT2D eigenvalue weighted by molar-refractivity contribution is 0.243. The second-order valence-electron chi connectivity index (χ2n) is 9.05. The van der Waals surface area contributed by atoms with Crippen LogP contribution in [0.4, 0.5) is 0 Å². The Balaban J connectivity index is 1.87. The lowest BCUT2D eigenvalue weighted by Gasteiger charge is -2.24. The largest absolute Gasteiger partial charge is 0.303 e. The maximum absolute atomic E-state index is 2.81. The molecule has 0 N–H and O–H groups in total. The normalized spacial score (nSPS) is 30.5. The SMILES string of the molecule is C1CCCCN2CCCCCCCCN(CCC1)CCCCCCCC2. The van der Waals surface area contributed by atoms with Crippen LogP contribution >= 0.6 is 0 Å². The van der Waals surface area contributed by atoms with Crippen LogP contribution in [-0.2, 0) is 0 Å². The van der Waals surface area contributed by atoms with Crippen molar-refractivity contribution in [1.82, 2.24) is 9.80 Å². The maximum Gasteiger partial charge on any atom is -0.00187 e. The fraction of sp³-hybridized carbons (Fsp3) is 1.00. The summed E-state index contributed by atoms with van der Waals surface area (Å²) >= 11 is 0. The summed E-state index contributed by atoms with van der Waals surface area (Å²) in [7, 11) is 0. The third-order valence-corrected chi connectivity index (χ3v) is 6.60. The zero-order chi connectivity index (χ0) is 18.1. The average molecular weight is 365 g/mol. The monoisotopic (exact) mass is 364 g/mol. The predicted molar refractivity (Wildman–Crippen MR) is 116 cm³/mol. The third kappa shape index (κ3) is 11.6. The van der Waals surface area contributed by atoms with Crippen molar-refractivity contribution in [3.8, 4) is 0 Å². The molecule has 3 heterocycles. The standard InChI is InChI=1S/C24H48N2/c1-2-8-14-20-26-23-17-11-5-3-9-15-21-25(19-13-7-1)22-16-10-4-6-12-18-24-26/h1-24H2. The van der Waals surface area contributed by atoms with Crippen molar-refractivity contribution in [3.63, 3.8) is 0 Å². The first-order valence-corrected chi connectivity index (χ1v) is 12.4. The fourth-order valence-corrected chi connectivity index (χ4v) is 4.80. The van der Waals surface area contributed by atoms with Crippen LogP contribution in [0.1, 0.15) is 116 Å². The van der Waals surface area contributed by atoms with Gasteiger partial charge in [0.2, 0.25) is 0 Å². The number of hydrogen-bond acceptors (Lipinski definition) is 2. The molecule has 0 atom stereocenters. The Hall–Kier alpha value is -0.0800. The molecular weight excluding hydrogens is 316 g/mol. The second-order valence-corrected chi connectivity index (χ2v) is 9.05. The Morgan fingerprint density at radius 3 is 0.538 bits per heavy atom. The van der Waals surface area contributed by atoms with Crippen molar-refractivity contribution >= 4 is 0 Å². The van der Waals surface area contributed by atoms with Crippen molar-refractivity contribution in [1.29, 1.82) is 0 Å². The van der Waals surface area contributed by atoms with Crippen LogP contribution in [0.25, 0.3) is 0 Å². The smallest absolute Gasteiger partial charge is 0.00187 e. The van der Waals surface area contributed by atoms with E-state index in [2.05, 4.69) is 9.80 Å². The van der Waals surface area contributed by atoms with Crippen LogP contribution in [0, 0.1) is 0 Å². The number of fused-ring (bicyclic) bond motifs is 21. The lowest BCUT2D eigenvalue weighted by Crippen LogP contribution is -2.28. The Kier molecular flexibility index (Phi) is 13.6. The van der Waals surface area contributed by atoms with Crippen molar-refractivity contribution < 1.29 is 0 Å².